The molecule has 0 atom stereocenters. The van der Waals surface area contributed by atoms with Crippen LogP contribution in [0.3, 0.4) is 0 Å². The van der Waals surface area contributed by atoms with Crippen LogP contribution in [0.15, 0.2) is 29.6 Å². The summed E-state index contributed by atoms with van der Waals surface area (Å²) in [6.45, 7) is 1.97. The van der Waals surface area contributed by atoms with Crippen LogP contribution in [0.25, 0.3) is 0 Å². The Kier molecular flexibility index (Phi) is 4.80. The topological polar surface area (TPSA) is 98.5 Å². The minimum atomic E-state index is -0.558. The standard InChI is InChI=1S/C17H16N2O5S/c1-2-24-17(21)14-13(10-6-7-10)9-25-16(14)18-15(20)11-4-3-5-12(8-11)19(22)23/h3-5,8-10H,2,6-7H2,1H3,(H,18,20). The highest BCUT2D eigenvalue weighted by Gasteiger charge is 2.32. The van der Waals surface area contributed by atoms with Crippen molar-refractivity contribution in [2.45, 2.75) is 25.7 Å². The number of ether oxygens (including phenoxy) is 1. The third-order valence-corrected chi connectivity index (χ3v) is 4.78. The van der Waals surface area contributed by atoms with E-state index in [1.807, 2.05) is 5.38 Å². The van der Waals surface area contributed by atoms with E-state index < -0.39 is 16.8 Å². The smallest absolute Gasteiger partial charge is 0.341 e. The minimum absolute atomic E-state index is 0.158. The number of esters is 1. The molecule has 0 bridgehead atoms. The molecule has 0 unspecified atom stereocenters. The summed E-state index contributed by atoms with van der Waals surface area (Å²) in [5.74, 6) is -0.627. The highest BCUT2D eigenvalue weighted by atomic mass is 32.1. The highest BCUT2D eigenvalue weighted by molar-refractivity contribution is 7.15. The first-order valence-corrected chi connectivity index (χ1v) is 8.73. The van der Waals surface area contributed by atoms with Gasteiger partial charge in [-0.05, 0) is 42.7 Å². The molecule has 1 N–H and O–H groups in total. The second-order valence-electron chi connectivity index (χ2n) is 5.65. The SMILES string of the molecule is CCOC(=O)c1c(C2CC2)csc1NC(=O)c1cccc([N+](=O)[O-])c1. The molecular weight excluding hydrogens is 344 g/mol. The molecule has 2 aromatic rings. The lowest BCUT2D eigenvalue weighted by atomic mass is 10.1. The lowest BCUT2D eigenvalue weighted by Crippen LogP contribution is -2.15. The van der Waals surface area contributed by atoms with Gasteiger partial charge in [0.05, 0.1) is 17.1 Å². The molecule has 8 heteroatoms. The van der Waals surface area contributed by atoms with Gasteiger partial charge in [-0.2, -0.15) is 0 Å². The summed E-state index contributed by atoms with van der Waals surface area (Å²) in [5.41, 5.74) is 1.29. The van der Waals surface area contributed by atoms with E-state index in [2.05, 4.69) is 5.32 Å². The first kappa shape index (κ1) is 17.1. The van der Waals surface area contributed by atoms with Crippen LogP contribution in [0.2, 0.25) is 0 Å². The molecule has 1 heterocycles. The number of thiophene rings is 1. The van der Waals surface area contributed by atoms with Crippen LogP contribution in [0, 0.1) is 10.1 Å². The van der Waals surface area contributed by atoms with E-state index in [0.717, 1.165) is 18.4 Å². The molecule has 1 fully saturated rings. The molecule has 1 aliphatic rings. The van der Waals surface area contributed by atoms with E-state index in [1.165, 1.54) is 35.6 Å². The molecule has 1 aliphatic carbocycles. The van der Waals surface area contributed by atoms with Crippen molar-refractivity contribution in [3.8, 4) is 0 Å². The Hall–Kier alpha value is -2.74. The van der Waals surface area contributed by atoms with Crippen LogP contribution in [0.1, 0.15) is 52.0 Å². The van der Waals surface area contributed by atoms with Crippen molar-refractivity contribution in [1.29, 1.82) is 0 Å². The van der Waals surface area contributed by atoms with Crippen LogP contribution in [-0.2, 0) is 4.74 Å². The Balaban J connectivity index is 1.87. The average molecular weight is 360 g/mol. The van der Waals surface area contributed by atoms with Gasteiger partial charge in [-0.3, -0.25) is 14.9 Å². The summed E-state index contributed by atoms with van der Waals surface area (Å²) in [6.07, 6.45) is 2.03. The molecule has 25 heavy (non-hydrogen) atoms. The Bertz CT molecular complexity index is 841. The number of carbonyl (C=O) groups is 2. The van der Waals surface area contributed by atoms with Crippen molar-refractivity contribution < 1.29 is 19.2 Å². The van der Waals surface area contributed by atoms with Crippen LogP contribution >= 0.6 is 11.3 Å². The van der Waals surface area contributed by atoms with E-state index in [4.69, 9.17) is 4.74 Å². The second-order valence-corrected chi connectivity index (χ2v) is 6.53. The predicted molar refractivity (Wildman–Crippen MR) is 93.3 cm³/mol. The lowest BCUT2D eigenvalue weighted by Gasteiger charge is -2.08. The zero-order valence-corrected chi connectivity index (χ0v) is 14.3. The number of carbonyl (C=O) groups excluding carboxylic acids is 2. The molecule has 3 rings (SSSR count). The number of nitrogens with zero attached hydrogens (tertiary/aromatic N) is 1. The van der Waals surface area contributed by atoms with Gasteiger partial charge in [0.25, 0.3) is 11.6 Å². The fourth-order valence-corrected chi connectivity index (χ4v) is 3.53. The van der Waals surface area contributed by atoms with Gasteiger partial charge in [-0.1, -0.05) is 6.07 Å². The molecule has 1 saturated carbocycles. The molecule has 0 spiro atoms. The first-order chi connectivity index (χ1) is 12.0. The summed E-state index contributed by atoms with van der Waals surface area (Å²) < 4.78 is 5.11. The van der Waals surface area contributed by atoms with Gasteiger partial charge in [0.2, 0.25) is 0 Å². The Morgan fingerprint density at radius 2 is 2.16 bits per heavy atom. The van der Waals surface area contributed by atoms with Gasteiger partial charge in [-0.25, -0.2) is 4.79 Å². The highest BCUT2D eigenvalue weighted by Crippen LogP contribution is 2.46. The number of non-ortho nitro benzene ring substituents is 1. The van der Waals surface area contributed by atoms with Crippen molar-refractivity contribution >= 4 is 33.9 Å². The zero-order chi connectivity index (χ0) is 18.0. The Morgan fingerprint density at radius 3 is 2.80 bits per heavy atom. The van der Waals surface area contributed by atoms with E-state index in [-0.39, 0.29) is 17.9 Å². The van der Waals surface area contributed by atoms with E-state index in [9.17, 15) is 19.7 Å². The zero-order valence-electron chi connectivity index (χ0n) is 13.5. The second kappa shape index (κ2) is 7.02. The van der Waals surface area contributed by atoms with Gasteiger partial charge in [0, 0.05) is 17.7 Å². The van der Waals surface area contributed by atoms with Crippen molar-refractivity contribution in [3.05, 3.63) is 56.5 Å². The maximum Gasteiger partial charge on any atom is 0.341 e. The van der Waals surface area contributed by atoms with E-state index >= 15 is 0 Å². The summed E-state index contributed by atoms with van der Waals surface area (Å²) >= 11 is 1.27. The van der Waals surface area contributed by atoms with Gasteiger partial charge in [-0.15, -0.1) is 11.3 Å². The molecule has 0 radical (unpaired) electrons. The van der Waals surface area contributed by atoms with Crippen LogP contribution in [0.4, 0.5) is 10.7 Å². The van der Waals surface area contributed by atoms with E-state index in [1.54, 1.807) is 6.92 Å². The van der Waals surface area contributed by atoms with E-state index in [0.29, 0.717) is 16.5 Å². The number of benzene rings is 1. The Labute approximate surface area is 147 Å². The largest absolute Gasteiger partial charge is 0.462 e. The number of amides is 1. The number of nitrogens with one attached hydrogen (secondary N) is 1. The van der Waals surface area contributed by atoms with Crippen molar-refractivity contribution in [2.75, 3.05) is 11.9 Å². The van der Waals surface area contributed by atoms with Gasteiger partial charge < -0.3 is 10.1 Å². The molecule has 1 aromatic carbocycles. The maximum atomic E-state index is 12.4. The van der Waals surface area contributed by atoms with Crippen molar-refractivity contribution in [2.24, 2.45) is 0 Å². The molecule has 130 valence electrons. The number of nitro benzene ring substituents is 1. The summed E-state index contributed by atoms with van der Waals surface area (Å²) in [4.78, 5) is 35.0. The summed E-state index contributed by atoms with van der Waals surface area (Å²) in [5, 5.41) is 15.8. The minimum Gasteiger partial charge on any atom is -0.462 e. The number of hydrogen-bond donors (Lipinski definition) is 1. The number of hydrogen-bond acceptors (Lipinski definition) is 6. The maximum absolute atomic E-state index is 12.4. The molecule has 1 amide bonds. The fourth-order valence-electron chi connectivity index (χ4n) is 2.51. The lowest BCUT2D eigenvalue weighted by molar-refractivity contribution is -0.384. The average Bonchev–Trinajstić information content (AvgIpc) is 3.36. The summed E-state index contributed by atoms with van der Waals surface area (Å²) in [7, 11) is 0. The van der Waals surface area contributed by atoms with Gasteiger partial charge in [0.1, 0.15) is 5.00 Å². The van der Waals surface area contributed by atoms with Crippen LogP contribution in [0.5, 0.6) is 0 Å². The predicted octanol–water partition coefficient (Wildman–Crippen LogP) is 3.96. The number of anilines is 1. The monoisotopic (exact) mass is 360 g/mol. The number of rotatable bonds is 6. The molecular formula is C17H16N2O5S. The van der Waals surface area contributed by atoms with Crippen LogP contribution in [-0.4, -0.2) is 23.4 Å². The third-order valence-electron chi connectivity index (χ3n) is 3.86. The Morgan fingerprint density at radius 1 is 1.40 bits per heavy atom. The van der Waals surface area contributed by atoms with Crippen LogP contribution < -0.4 is 5.32 Å². The molecule has 1 aromatic heterocycles. The normalized spacial score (nSPS) is 13.3. The molecule has 0 saturated heterocycles. The number of nitro groups is 1. The molecule has 7 nitrogen and oxygen atoms in total. The first-order valence-electron chi connectivity index (χ1n) is 7.85. The molecule has 0 aliphatic heterocycles. The fraction of sp³-hybridized carbons (Fsp3) is 0.294. The van der Waals surface area contributed by atoms with Crippen molar-refractivity contribution in [1.82, 2.24) is 0 Å². The van der Waals surface area contributed by atoms with Gasteiger partial charge >= 0.3 is 5.97 Å². The summed E-state index contributed by atoms with van der Waals surface area (Å²) in [6, 6.07) is 5.46. The third kappa shape index (κ3) is 3.69. The van der Waals surface area contributed by atoms with Crippen molar-refractivity contribution in [3.63, 3.8) is 0 Å². The van der Waals surface area contributed by atoms with Gasteiger partial charge in [0.15, 0.2) is 0 Å². The quantitative estimate of drug-likeness (QED) is 0.477.